The minimum absolute atomic E-state index is 0.326. The number of H-pyrrole nitrogens is 1. The molecule has 0 aliphatic heterocycles. The molecule has 6 nitrogen and oxygen atoms in total. The van der Waals surface area contributed by atoms with Crippen molar-refractivity contribution >= 4 is 17.0 Å². The molecule has 6 heteroatoms. The van der Waals surface area contributed by atoms with Crippen molar-refractivity contribution in [3.63, 3.8) is 0 Å². The molecule has 0 saturated heterocycles. The Morgan fingerprint density at radius 1 is 1.36 bits per heavy atom. The van der Waals surface area contributed by atoms with Crippen molar-refractivity contribution in [2.24, 2.45) is 0 Å². The Hall–Kier alpha value is -1.69. The SMILES string of the molecule is ONc1ncnc2nc[nH]c12. The van der Waals surface area contributed by atoms with Gasteiger partial charge >= 0.3 is 0 Å². The van der Waals surface area contributed by atoms with Gasteiger partial charge in [0.05, 0.1) is 6.33 Å². The second-order valence-corrected chi connectivity index (χ2v) is 1.94. The summed E-state index contributed by atoms with van der Waals surface area (Å²) in [6.07, 6.45) is 2.81. The molecule has 56 valence electrons. The first-order chi connectivity index (χ1) is 5.42. The highest BCUT2D eigenvalue weighted by Gasteiger charge is 2.02. The van der Waals surface area contributed by atoms with Gasteiger partial charge in [-0.2, -0.15) is 0 Å². The Kier molecular flexibility index (Phi) is 1.19. The Bertz CT molecular complexity index is 370. The first-order valence-electron chi connectivity index (χ1n) is 2.96. The van der Waals surface area contributed by atoms with Gasteiger partial charge in [-0.25, -0.2) is 15.0 Å². The summed E-state index contributed by atoms with van der Waals surface area (Å²) in [5.74, 6) is 0.326. The van der Waals surface area contributed by atoms with Gasteiger partial charge in [-0.1, -0.05) is 0 Å². The highest BCUT2D eigenvalue weighted by Crippen LogP contribution is 2.12. The van der Waals surface area contributed by atoms with Gasteiger partial charge in [0.25, 0.3) is 0 Å². The monoisotopic (exact) mass is 151 g/mol. The highest BCUT2D eigenvalue weighted by atomic mass is 16.5. The third kappa shape index (κ3) is 0.802. The number of imidazole rings is 1. The third-order valence-corrected chi connectivity index (χ3v) is 1.33. The van der Waals surface area contributed by atoms with E-state index in [2.05, 4.69) is 19.9 Å². The average molecular weight is 151 g/mol. The van der Waals surface area contributed by atoms with Crippen molar-refractivity contribution in [3.8, 4) is 0 Å². The molecule has 11 heavy (non-hydrogen) atoms. The van der Waals surface area contributed by atoms with E-state index in [9.17, 15) is 0 Å². The van der Waals surface area contributed by atoms with E-state index in [1.54, 1.807) is 0 Å². The molecule has 2 heterocycles. The van der Waals surface area contributed by atoms with Gasteiger partial charge in [0.1, 0.15) is 11.8 Å². The van der Waals surface area contributed by atoms with Crippen LogP contribution in [0.1, 0.15) is 0 Å². The molecular formula is C5H5N5O. The average Bonchev–Trinajstić information content (AvgIpc) is 2.50. The smallest absolute Gasteiger partial charge is 0.182 e. The van der Waals surface area contributed by atoms with Gasteiger partial charge in [0, 0.05) is 0 Å². The zero-order chi connectivity index (χ0) is 7.68. The Balaban J connectivity index is 2.79. The predicted molar refractivity (Wildman–Crippen MR) is 37.1 cm³/mol. The lowest BCUT2D eigenvalue weighted by Gasteiger charge is -1.95. The van der Waals surface area contributed by atoms with E-state index in [1.807, 2.05) is 5.48 Å². The number of rotatable bonds is 1. The zero-order valence-electron chi connectivity index (χ0n) is 5.44. The Labute approximate surface area is 61.3 Å². The molecule has 0 spiro atoms. The van der Waals surface area contributed by atoms with Crippen LogP contribution in [-0.2, 0) is 0 Å². The molecule has 2 rings (SSSR count). The van der Waals surface area contributed by atoms with Crippen LogP contribution in [0, 0.1) is 0 Å². The van der Waals surface area contributed by atoms with E-state index in [0.29, 0.717) is 17.0 Å². The van der Waals surface area contributed by atoms with E-state index in [1.165, 1.54) is 12.7 Å². The number of hydrogen-bond acceptors (Lipinski definition) is 5. The number of aromatic amines is 1. The molecule has 0 fully saturated rings. The van der Waals surface area contributed by atoms with Gasteiger partial charge in [-0.15, -0.1) is 0 Å². The van der Waals surface area contributed by atoms with Crippen LogP contribution < -0.4 is 5.48 Å². The van der Waals surface area contributed by atoms with Crippen molar-refractivity contribution < 1.29 is 5.21 Å². The van der Waals surface area contributed by atoms with Crippen molar-refractivity contribution in [1.29, 1.82) is 0 Å². The second-order valence-electron chi connectivity index (χ2n) is 1.94. The fourth-order valence-electron chi connectivity index (χ4n) is 0.850. The first kappa shape index (κ1) is 6.05. The molecule has 0 saturated carbocycles. The first-order valence-corrected chi connectivity index (χ1v) is 2.96. The molecule has 0 unspecified atom stereocenters. The largest absolute Gasteiger partial charge is 0.340 e. The molecule has 0 bridgehead atoms. The van der Waals surface area contributed by atoms with E-state index in [-0.39, 0.29) is 0 Å². The quantitative estimate of drug-likeness (QED) is 0.505. The summed E-state index contributed by atoms with van der Waals surface area (Å²) in [5.41, 5.74) is 3.05. The Morgan fingerprint density at radius 2 is 2.27 bits per heavy atom. The molecule has 0 aliphatic rings. The number of nitrogens with zero attached hydrogens (tertiary/aromatic N) is 3. The van der Waals surface area contributed by atoms with Crippen LogP contribution in [-0.4, -0.2) is 25.1 Å². The van der Waals surface area contributed by atoms with Gasteiger partial charge in [-0.3, -0.25) is 10.7 Å². The van der Waals surface area contributed by atoms with Crippen LogP contribution in [0.15, 0.2) is 12.7 Å². The number of fused-ring (bicyclic) bond motifs is 1. The zero-order valence-corrected chi connectivity index (χ0v) is 5.44. The Morgan fingerprint density at radius 3 is 3.09 bits per heavy atom. The van der Waals surface area contributed by atoms with Gasteiger partial charge in [-0.05, 0) is 0 Å². The molecule has 0 atom stereocenters. The van der Waals surface area contributed by atoms with Crippen LogP contribution in [0.3, 0.4) is 0 Å². The summed E-state index contributed by atoms with van der Waals surface area (Å²) >= 11 is 0. The molecule has 0 radical (unpaired) electrons. The summed E-state index contributed by atoms with van der Waals surface area (Å²) in [6, 6.07) is 0. The number of aromatic nitrogens is 4. The maximum Gasteiger partial charge on any atom is 0.182 e. The fraction of sp³-hybridized carbons (Fsp3) is 0. The second kappa shape index (κ2) is 2.17. The van der Waals surface area contributed by atoms with Gasteiger partial charge in [0.2, 0.25) is 0 Å². The lowest BCUT2D eigenvalue weighted by Crippen LogP contribution is -1.94. The van der Waals surface area contributed by atoms with E-state index >= 15 is 0 Å². The van der Waals surface area contributed by atoms with Crippen LogP contribution in [0.2, 0.25) is 0 Å². The summed E-state index contributed by atoms with van der Waals surface area (Å²) in [6.45, 7) is 0. The van der Waals surface area contributed by atoms with E-state index < -0.39 is 0 Å². The van der Waals surface area contributed by atoms with Crippen molar-refractivity contribution in [2.75, 3.05) is 5.48 Å². The molecule has 0 amide bonds. The van der Waals surface area contributed by atoms with Crippen LogP contribution >= 0.6 is 0 Å². The fourth-order valence-corrected chi connectivity index (χ4v) is 0.850. The standard InChI is InChI=1S/C5H5N5O/c11-10-5-3-4(7-1-6-3)8-2-9-5/h1-2,11H,(H2,6,7,8,9,10). The summed E-state index contributed by atoms with van der Waals surface area (Å²) in [7, 11) is 0. The van der Waals surface area contributed by atoms with Crippen LogP contribution in [0.25, 0.3) is 11.2 Å². The minimum atomic E-state index is 0.326. The lowest BCUT2D eigenvalue weighted by atomic mass is 10.5. The minimum Gasteiger partial charge on any atom is -0.340 e. The lowest BCUT2D eigenvalue weighted by molar-refractivity contribution is 0.386. The van der Waals surface area contributed by atoms with Crippen molar-refractivity contribution in [3.05, 3.63) is 12.7 Å². The molecule has 2 aromatic rings. The van der Waals surface area contributed by atoms with E-state index in [4.69, 9.17) is 5.21 Å². The van der Waals surface area contributed by atoms with E-state index in [0.717, 1.165) is 0 Å². The summed E-state index contributed by atoms with van der Waals surface area (Å²) in [5, 5.41) is 8.57. The summed E-state index contributed by atoms with van der Waals surface area (Å²) < 4.78 is 0. The van der Waals surface area contributed by atoms with Crippen LogP contribution in [0.4, 0.5) is 5.82 Å². The number of anilines is 1. The van der Waals surface area contributed by atoms with Crippen molar-refractivity contribution in [1.82, 2.24) is 19.9 Å². The normalized spacial score (nSPS) is 10.3. The highest BCUT2D eigenvalue weighted by molar-refractivity contribution is 5.81. The molecular weight excluding hydrogens is 146 g/mol. The summed E-state index contributed by atoms with van der Waals surface area (Å²) in [4.78, 5) is 14.2. The van der Waals surface area contributed by atoms with Crippen molar-refractivity contribution in [2.45, 2.75) is 0 Å². The van der Waals surface area contributed by atoms with Gasteiger partial charge < -0.3 is 4.98 Å². The number of nitrogens with one attached hydrogen (secondary N) is 2. The molecule has 2 aromatic heterocycles. The molecule has 0 aliphatic carbocycles. The molecule has 3 N–H and O–H groups in total. The topological polar surface area (TPSA) is 86.7 Å². The number of hydrogen-bond donors (Lipinski definition) is 3. The maximum absolute atomic E-state index is 8.57. The molecule has 0 aromatic carbocycles. The predicted octanol–water partition coefficient (Wildman–Crippen LogP) is 0.154. The third-order valence-electron chi connectivity index (χ3n) is 1.33. The van der Waals surface area contributed by atoms with Crippen LogP contribution in [0.5, 0.6) is 0 Å². The van der Waals surface area contributed by atoms with Gasteiger partial charge in [0.15, 0.2) is 11.5 Å². The maximum atomic E-state index is 8.57.